The molecule has 0 atom stereocenters. The third-order valence-corrected chi connectivity index (χ3v) is 5.35. The molecule has 2 fully saturated rings. The Morgan fingerprint density at radius 1 is 1.03 bits per heavy atom. The van der Waals surface area contributed by atoms with Gasteiger partial charge in [0.1, 0.15) is 5.69 Å². The molecule has 1 spiro atoms. The topological polar surface area (TPSA) is 80.8 Å². The van der Waals surface area contributed by atoms with E-state index in [0.29, 0.717) is 44.7 Å². The van der Waals surface area contributed by atoms with Crippen LogP contribution in [0.5, 0.6) is 0 Å². The Balaban J connectivity index is 1.44. The Morgan fingerprint density at radius 2 is 1.69 bits per heavy atom. The van der Waals surface area contributed by atoms with Gasteiger partial charge in [0.15, 0.2) is 5.79 Å². The number of aromatic nitrogens is 1. The van der Waals surface area contributed by atoms with E-state index in [9.17, 15) is 9.59 Å². The molecule has 0 saturated carbocycles. The monoisotopic (exact) mass is 395 g/mol. The number of nitrogens with one attached hydrogen (secondary N) is 1. The number of amides is 2. The summed E-state index contributed by atoms with van der Waals surface area (Å²) >= 11 is 0. The lowest BCUT2D eigenvalue weighted by Gasteiger charge is -2.37. The summed E-state index contributed by atoms with van der Waals surface area (Å²) in [6.07, 6.45) is 2.79. The zero-order valence-corrected chi connectivity index (χ0v) is 16.7. The lowest BCUT2D eigenvalue weighted by Crippen LogP contribution is -2.47. The van der Waals surface area contributed by atoms with Crippen molar-refractivity contribution < 1.29 is 19.1 Å². The second-order valence-electron chi connectivity index (χ2n) is 7.66. The fourth-order valence-corrected chi connectivity index (χ4v) is 3.94. The average Bonchev–Trinajstić information content (AvgIpc) is 3.15. The number of piperidine rings is 1. The first-order chi connectivity index (χ1) is 13.9. The van der Waals surface area contributed by atoms with Gasteiger partial charge in [-0.25, -0.2) is 0 Å². The minimum Gasteiger partial charge on any atom is -0.347 e. The maximum absolute atomic E-state index is 12.9. The van der Waals surface area contributed by atoms with Crippen LogP contribution in [0.4, 0.5) is 5.69 Å². The van der Waals surface area contributed by atoms with E-state index in [0.717, 1.165) is 16.8 Å². The summed E-state index contributed by atoms with van der Waals surface area (Å²) in [5, 5.41) is 2.89. The number of hydrogen-bond acceptors (Lipinski definition) is 5. The standard InChI is InChI=1S/C22H25N3O4/c1-15-11-16(2)13-18(12-15)24-20(26)17-3-6-23-19(14-17)21(27)25-7-4-22(5-8-25)28-9-10-29-22/h3,6,11-14H,4-5,7-10H2,1-2H3,(H,24,26). The highest BCUT2D eigenvalue weighted by Crippen LogP contribution is 2.31. The molecule has 2 amide bonds. The number of carbonyl (C=O) groups excluding carboxylic acids is 2. The van der Waals surface area contributed by atoms with E-state index in [1.165, 1.54) is 6.20 Å². The number of ether oxygens (including phenoxy) is 2. The van der Waals surface area contributed by atoms with E-state index in [-0.39, 0.29) is 17.5 Å². The first-order valence-electron chi connectivity index (χ1n) is 9.87. The van der Waals surface area contributed by atoms with Crippen molar-refractivity contribution in [1.82, 2.24) is 9.88 Å². The highest BCUT2D eigenvalue weighted by Gasteiger charge is 2.41. The summed E-state index contributed by atoms with van der Waals surface area (Å²) < 4.78 is 11.4. The molecule has 0 radical (unpaired) electrons. The average molecular weight is 395 g/mol. The van der Waals surface area contributed by atoms with Crippen LogP contribution in [0.1, 0.15) is 44.8 Å². The maximum atomic E-state index is 12.9. The molecule has 0 bridgehead atoms. The lowest BCUT2D eigenvalue weighted by atomic mass is 10.0. The Bertz CT molecular complexity index is 907. The quantitative estimate of drug-likeness (QED) is 0.864. The van der Waals surface area contributed by atoms with Gasteiger partial charge in [-0.15, -0.1) is 0 Å². The molecular weight excluding hydrogens is 370 g/mol. The molecule has 1 aromatic heterocycles. The number of anilines is 1. The van der Waals surface area contributed by atoms with Gasteiger partial charge in [-0.1, -0.05) is 6.07 Å². The zero-order chi connectivity index (χ0) is 20.4. The van der Waals surface area contributed by atoms with Gasteiger partial charge in [-0.05, 0) is 49.2 Å². The van der Waals surface area contributed by atoms with Gasteiger partial charge >= 0.3 is 0 Å². The predicted octanol–water partition coefficient (Wildman–Crippen LogP) is 2.93. The van der Waals surface area contributed by atoms with Crippen LogP contribution < -0.4 is 5.32 Å². The third-order valence-electron chi connectivity index (χ3n) is 5.35. The molecule has 2 aliphatic heterocycles. The SMILES string of the molecule is Cc1cc(C)cc(NC(=O)c2ccnc(C(=O)N3CCC4(CC3)OCCO4)c2)c1. The Hall–Kier alpha value is -2.77. The van der Waals surface area contributed by atoms with Crippen LogP contribution in [0.3, 0.4) is 0 Å². The van der Waals surface area contributed by atoms with Gasteiger partial charge in [-0.3, -0.25) is 14.6 Å². The van der Waals surface area contributed by atoms with E-state index in [4.69, 9.17) is 9.47 Å². The molecule has 3 heterocycles. The third kappa shape index (κ3) is 4.31. The first kappa shape index (κ1) is 19.5. The van der Waals surface area contributed by atoms with Crippen LogP contribution in [0.15, 0.2) is 36.5 Å². The second kappa shape index (κ2) is 7.93. The maximum Gasteiger partial charge on any atom is 0.272 e. The van der Waals surface area contributed by atoms with Crippen molar-refractivity contribution in [2.24, 2.45) is 0 Å². The second-order valence-corrected chi connectivity index (χ2v) is 7.66. The molecule has 2 aliphatic rings. The van der Waals surface area contributed by atoms with Crippen molar-refractivity contribution in [2.45, 2.75) is 32.5 Å². The van der Waals surface area contributed by atoms with Crippen molar-refractivity contribution in [3.8, 4) is 0 Å². The number of rotatable bonds is 3. The van der Waals surface area contributed by atoms with Gasteiger partial charge < -0.3 is 19.7 Å². The van der Waals surface area contributed by atoms with Crippen LogP contribution in [0, 0.1) is 13.8 Å². The first-order valence-corrected chi connectivity index (χ1v) is 9.87. The van der Waals surface area contributed by atoms with Crippen molar-refractivity contribution in [3.05, 3.63) is 58.9 Å². The van der Waals surface area contributed by atoms with Gasteiger partial charge in [0.05, 0.1) is 13.2 Å². The van der Waals surface area contributed by atoms with Gasteiger partial charge in [0, 0.05) is 43.4 Å². The molecule has 2 aromatic rings. The normalized spacial score (nSPS) is 18.1. The summed E-state index contributed by atoms with van der Waals surface area (Å²) in [4.78, 5) is 31.5. The van der Waals surface area contributed by atoms with Gasteiger partial charge in [-0.2, -0.15) is 0 Å². The molecule has 0 unspecified atom stereocenters. The fraction of sp³-hybridized carbons (Fsp3) is 0.409. The predicted molar refractivity (Wildman–Crippen MR) is 108 cm³/mol. The molecule has 152 valence electrons. The molecule has 1 aromatic carbocycles. The summed E-state index contributed by atoms with van der Waals surface area (Å²) in [6.45, 7) is 6.26. The van der Waals surface area contributed by atoms with Crippen molar-refractivity contribution in [3.63, 3.8) is 0 Å². The highest BCUT2D eigenvalue weighted by atomic mass is 16.7. The van der Waals surface area contributed by atoms with Gasteiger partial charge in [0.25, 0.3) is 11.8 Å². The molecule has 1 N–H and O–H groups in total. The van der Waals surface area contributed by atoms with Crippen LogP contribution in [0.25, 0.3) is 0 Å². The zero-order valence-electron chi connectivity index (χ0n) is 16.7. The largest absolute Gasteiger partial charge is 0.347 e. The number of hydrogen-bond donors (Lipinski definition) is 1. The van der Waals surface area contributed by atoms with Crippen LogP contribution in [-0.4, -0.2) is 53.8 Å². The van der Waals surface area contributed by atoms with Crippen molar-refractivity contribution >= 4 is 17.5 Å². The number of aryl methyl sites for hydroxylation is 2. The number of benzene rings is 1. The summed E-state index contributed by atoms with van der Waals surface area (Å²) in [6, 6.07) is 9.03. The van der Waals surface area contributed by atoms with Gasteiger partial charge in [0.2, 0.25) is 0 Å². The number of carbonyl (C=O) groups is 2. The highest BCUT2D eigenvalue weighted by molar-refractivity contribution is 6.05. The molecule has 0 aliphatic carbocycles. The fourth-order valence-electron chi connectivity index (χ4n) is 3.94. The van der Waals surface area contributed by atoms with E-state index in [1.54, 1.807) is 17.0 Å². The number of pyridine rings is 1. The van der Waals surface area contributed by atoms with Crippen molar-refractivity contribution in [1.29, 1.82) is 0 Å². The number of nitrogens with zero attached hydrogens (tertiary/aromatic N) is 2. The van der Waals surface area contributed by atoms with Crippen LogP contribution >= 0.6 is 0 Å². The van der Waals surface area contributed by atoms with E-state index >= 15 is 0 Å². The molecule has 29 heavy (non-hydrogen) atoms. The Kier molecular flexibility index (Phi) is 5.34. The minimum absolute atomic E-state index is 0.182. The Morgan fingerprint density at radius 3 is 2.34 bits per heavy atom. The molecule has 7 nitrogen and oxygen atoms in total. The summed E-state index contributed by atoms with van der Waals surface area (Å²) in [5.74, 6) is -0.978. The molecule has 7 heteroatoms. The molecule has 4 rings (SSSR count). The van der Waals surface area contributed by atoms with Crippen molar-refractivity contribution in [2.75, 3.05) is 31.6 Å². The van der Waals surface area contributed by atoms with Crippen LogP contribution in [0.2, 0.25) is 0 Å². The molecular formula is C22H25N3O4. The van der Waals surface area contributed by atoms with Crippen LogP contribution in [-0.2, 0) is 9.47 Å². The van der Waals surface area contributed by atoms with E-state index in [1.807, 2.05) is 32.0 Å². The van der Waals surface area contributed by atoms with E-state index < -0.39 is 5.79 Å². The van der Waals surface area contributed by atoms with E-state index in [2.05, 4.69) is 10.3 Å². The summed E-state index contributed by atoms with van der Waals surface area (Å²) in [5.41, 5.74) is 3.55. The lowest BCUT2D eigenvalue weighted by molar-refractivity contribution is -0.181. The summed E-state index contributed by atoms with van der Waals surface area (Å²) in [7, 11) is 0. The molecule has 2 saturated heterocycles. The smallest absolute Gasteiger partial charge is 0.272 e. The number of likely N-dealkylation sites (tertiary alicyclic amines) is 1. The Labute approximate surface area is 170 Å². The minimum atomic E-state index is -0.530.